The van der Waals surface area contributed by atoms with Crippen LogP contribution in [0.25, 0.3) is 0 Å². The van der Waals surface area contributed by atoms with Crippen LogP contribution < -0.4 is 9.62 Å². The second-order valence-corrected chi connectivity index (χ2v) is 13.0. The van der Waals surface area contributed by atoms with E-state index in [1.54, 1.807) is 50.2 Å². The van der Waals surface area contributed by atoms with Crippen molar-refractivity contribution < 1.29 is 18.0 Å². The predicted molar refractivity (Wildman–Crippen MR) is 166 cm³/mol. The molecule has 0 saturated heterocycles. The molecule has 3 rings (SSSR count). The molecule has 0 radical (unpaired) electrons. The summed E-state index contributed by atoms with van der Waals surface area (Å²) in [5.41, 5.74) is 3.27. The van der Waals surface area contributed by atoms with Crippen molar-refractivity contribution in [3.05, 3.63) is 93.0 Å². The van der Waals surface area contributed by atoms with E-state index in [0.29, 0.717) is 33.3 Å². The fourth-order valence-electron chi connectivity index (χ4n) is 4.24. The van der Waals surface area contributed by atoms with Gasteiger partial charge >= 0.3 is 0 Å². The van der Waals surface area contributed by atoms with Crippen LogP contribution in [0.2, 0.25) is 10.0 Å². The number of nitrogens with one attached hydrogen (secondary N) is 1. The molecule has 1 N–H and O–H groups in total. The summed E-state index contributed by atoms with van der Waals surface area (Å²) in [4.78, 5) is 28.7. The molecule has 0 bridgehead atoms. The first-order valence-corrected chi connectivity index (χ1v) is 15.6. The van der Waals surface area contributed by atoms with Crippen LogP contribution in [-0.4, -0.2) is 43.8 Å². The molecule has 220 valence electrons. The molecule has 0 unspecified atom stereocenters. The first kappa shape index (κ1) is 32.4. The quantitative estimate of drug-likeness (QED) is 0.268. The van der Waals surface area contributed by atoms with Gasteiger partial charge in [-0.3, -0.25) is 13.9 Å². The van der Waals surface area contributed by atoms with Gasteiger partial charge in [-0.25, -0.2) is 8.42 Å². The second kappa shape index (κ2) is 13.7. The molecule has 7 nitrogen and oxygen atoms in total. The van der Waals surface area contributed by atoms with E-state index in [4.69, 9.17) is 23.2 Å². The number of amides is 2. The predicted octanol–water partition coefficient (Wildman–Crippen LogP) is 6.45. The number of hydrogen-bond acceptors (Lipinski definition) is 4. The van der Waals surface area contributed by atoms with Gasteiger partial charge in [0.2, 0.25) is 11.8 Å². The average molecular weight is 619 g/mol. The number of rotatable bonds is 11. The lowest BCUT2D eigenvalue weighted by Gasteiger charge is -2.33. The van der Waals surface area contributed by atoms with Gasteiger partial charge in [0.05, 0.1) is 10.6 Å². The molecule has 0 aliphatic heterocycles. The topological polar surface area (TPSA) is 86.8 Å². The summed E-state index contributed by atoms with van der Waals surface area (Å²) < 4.78 is 29.2. The lowest BCUT2D eigenvalue weighted by atomic mass is 10.1. The zero-order valence-corrected chi connectivity index (χ0v) is 26.6. The Kier molecular flexibility index (Phi) is 10.9. The zero-order valence-electron chi connectivity index (χ0n) is 24.2. The summed E-state index contributed by atoms with van der Waals surface area (Å²) in [6, 6.07) is 15.9. The van der Waals surface area contributed by atoms with Gasteiger partial charge in [0.15, 0.2) is 0 Å². The van der Waals surface area contributed by atoms with Gasteiger partial charge < -0.3 is 10.2 Å². The van der Waals surface area contributed by atoms with Crippen LogP contribution in [0.3, 0.4) is 0 Å². The smallest absolute Gasteiger partial charge is 0.264 e. The van der Waals surface area contributed by atoms with E-state index in [1.165, 1.54) is 17.0 Å². The van der Waals surface area contributed by atoms with E-state index in [-0.39, 0.29) is 23.4 Å². The maximum absolute atomic E-state index is 14.1. The van der Waals surface area contributed by atoms with Crippen LogP contribution in [0.5, 0.6) is 0 Å². The number of aryl methyl sites for hydroxylation is 3. The number of nitrogens with zero attached hydrogens (tertiary/aromatic N) is 2. The average Bonchev–Trinajstić information content (AvgIpc) is 2.92. The summed E-state index contributed by atoms with van der Waals surface area (Å²) in [6.45, 7) is 10.3. The minimum absolute atomic E-state index is 0.0556. The summed E-state index contributed by atoms with van der Waals surface area (Å²) in [6.07, 6.45) is 0.706. The largest absolute Gasteiger partial charge is 0.352 e. The van der Waals surface area contributed by atoms with Crippen molar-refractivity contribution in [2.24, 2.45) is 0 Å². The van der Waals surface area contributed by atoms with E-state index in [0.717, 1.165) is 15.4 Å². The van der Waals surface area contributed by atoms with Gasteiger partial charge in [0, 0.05) is 28.2 Å². The molecule has 0 aliphatic carbocycles. The molecule has 2 atom stereocenters. The monoisotopic (exact) mass is 617 g/mol. The van der Waals surface area contributed by atoms with Gasteiger partial charge in [-0.05, 0) is 82.5 Å². The van der Waals surface area contributed by atoms with E-state index < -0.39 is 28.5 Å². The number of anilines is 1. The first-order valence-electron chi connectivity index (χ1n) is 13.5. The number of benzene rings is 3. The van der Waals surface area contributed by atoms with Crippen molar-refractivity contribution in [2.45, 2.75) is 71.5 Å². The summed E-state index contributed by atoms with van der Waals surface area (Å²) >= 11 is 12.9. The van der Waals surface area contributed by atoms with Crippen LogP contribution in [0, 0.1) is 20.8 Å². The molecule has 41 heavy (non-hydrogen) atoms. The highest BCUT2D eigenvalue weighted by atomic mass is 35.5. The minimum Gasteiger partial charge on any atom is -0.352 e. The Morgan fingerprint density at radius 2 is 1.49 bits per heavy atom. The number of halogens is 2. The Labute approximate surface area is 253 Å². The van der Waals surface area contributed by atoms with E-state index in [2.05, 4.69) is 5.32 Å². The fraction of sp³-hybridized carbons (Fsp3) is 0.355. The molecule has 2 amide bonds. The third kappa shape index (κ3) is 7.82. The van der Waals surface area contributed by atoms with Crippen LogP contribution >= 0.6 is 23.2 Å². The Balaban J connectivity index is 2.11. The third-order valence-corrected chi connectivity index (χ3v) is 9.56. The van der Waals surface area contributed by atoms with Crippen LogP contribution in [0.1, 0.15) is 49.4 Å². The molecule has 0 spiro atoms. The standard InChI is InChI=1S/C31H37Cl2N3O4S/c1-7-23(5)34-31(38)24(6)35(18-26-27(32)9-8-10-28(26)33)30(37)19-36(29-17-21(3)11-14-22(29)4)41(39,40)25-15-12-20(2)13-16-25/h8-17,23-24H,7,18-19H2,1-6H3,(H,34,38)/t23-,24-/m1/s1. The molecule has 0 saturated carbocycles. The number of carbonyl (C=O) groups is 2. The van der Waals surface area contributed by atoms with E-state index >= 15 is 0 Å². The molecular formula is C31H37Cl2N3O4S. The van der Waals surface area contributed by atoms with Gasteiger partial charge in [-0.1, -0.05) is 66.0 Å². The molecule has 0 aliphatic rings. The number of carbonyl (C=O) groups excluding carboxylic acids is 2. The highest BCUT2D eigenvalue weighted by Gasteiger charge is 2.34. The lowest BCUT2D eigenvalue weighted by Crippen LogP contribution is -2.52. The molecule has 0 fully saturated rings. The number of hydrogen-bond donors (Lipinski definition) is 1. The Hall–Kier alpha value is -3.07. The molecule has 10 heteroatoms. The van der Waals surface area contributed by atoms with Crippen molar-refractivity contribution in [1.29, 1.82) is 0 Å². The summed E-state index contributed by atoms with van der Waals surface area (Å²) in [5.74, 6) is -0.945. The van der Waals surface area contributed by atoms with Gasteiger partial charge in [0.1, 0.15) is 12.6 Å². The van der Waals surface area contributed by atoms with Gasteiger partial charge in [-0.2, -0.15) is 0 Å². The Morgan fingerprint density at radius 1 is 0.902 bits per heavy atom. The van der Waals surface area contributed by atoms with Crippen LogP contribution in [0.4, 0.5) is 5.69 Å². The van der Waals surface area contributed by atoms with Crippen molar-refractivity contribution in [3.63, 3.8) is 0 Å². The van der Waals surface area contributed by atoms with E-state index in [9.17, 15) is 18.0 Å². The van der Waals surface area contributed by atoms with Crippen LogP contribution in [0.15, 0.2) is 65.6 Å². The normalized spacial score (nSPS) is 12.9. The van der Waals surface area contributed by atoms with Crippen molar-refractivity contribution in [3.8, 4) is 0 Å². The Bertz CT molecular complexity index is 1490. The molecule has 3 aromatic carbocycles. The van der Waals surface area contributed by atoms with Gasteiger partial charge in [-0.15, -0.1) is 0 Å². The van der Waals surface area contributed by atoms with Gasteiger partial charge in [0.25, 0.3) is 10.0 Å². The van der Waals surface area contributed by atoms with Crippen LogP contribution in [-0.2, 0) is 26.2 Å². The first-order chi connectivity index (χ1) is 19.3. The maximum atomic E-state index is 14.1. The molecular weight excluding hydrogens is 581 g/mol. The third-order valence-electron chi connectivity index (χ3n) is 7.08. The fourth-order valence-corrected chi connectivity index (χ4v) is 6.23. The highest BCUT2D eigenvalue weighted by molar-refractivity contribution is 7.92. The SMILES string of the molecule is CC[C@@H](C)NC(=O)[C@@H](C)N(Cc1c(Cl)cccc1Cl)C(=O)CN(c1cc(C)ccc1C)S(=O)(=O)c1ccc(C)cc1. The molecule has 3 aromatic rings. The molecule has 0 aromatic heterocycles. The van der Waals surface area contributed by atoms with Crippen molar-refractivity contribution in [1.82, 2.24) is 10.2 Å². The Morgan fingerprint density at radius 3 is 2.07 bits per heavy atom. The van der Waals surface area contributed by atoms with E-state index in [1.807, 2.05) is 39.8 Å². The maximum Gasteiger partial charge on any atom is 0.264 e. The lowest BCUT2D eigenvalue weighted by molar-refractivity contribution is -0.139. The summed E-state index contributed by atoms with van der Waals surface area (Å²) in [7, 11) is -4.16. The summed E-state index contributed by atoms with van der Waals surface area (Å²) in [5, 5.41) is 3.59. The second-order valence-electron chi connectivity index (χ2n) is 10.3. The van der Waals surface area contributed by atoms with Crippen molar-refractivity contribution >= 4 is 50.7 Å². The van der Waals surface area contributed by atoms with Crippen molar-refractivity contribution in [2.75, 3.05) is 10.8 Å². The molecule has 0 heterocycles. The number of sulfonamides is 1. The zero-order chi connectivity index (χ0) is 30.5. The minimum atomic E-state index is -4.16. The highest BCUT2D eigenvalue weighted by Crippen LogP contribution is 2.30.